The average Bonchev–Trinajstić information content (AvgIpc) is 2.81. The second kappa shape index (κ2) is 4.48. The lowest BCUT2D eigenvalue weighted by Gasteiger charge is -2.05. The highest BCUT2D eigenvalue weighted by molar-refractivity contribution is 5.77. The van der Waals surface area contributed by atoms with Crippen LogP contribution in [0.4, 0.5) is 0 Å². The smallest absolute Gasteiger partial charge is 0.329 e. The van der Waals surface area contributed by atoms with Crippen molar-refractivity contribution in [2.24, 2.45) is 7.05 Å². The number of aryl methyl sites for hydroxylation is 2. The van der Waals surface area contributed by atoms with Crippen molar-refractivity contribution in [2.45, 2.75) is 13.5 Å². The topological polar surface area (TPSA) is 72.7 Å². The number of hydrogen-bond acceptors (Lipinski definition) is 3. The molecule has 0 saturated carbocycles. The summed E-state index contributed by atoms with van der Waals surface area (Å²) >= 11 is 0. The number of benzene rings is 1. The van der Waals surface area contributed by atoms with Crippen LogP contribution in [0.1, 0.15) is 11.3 Å². The molecule has 0 aliphatic rings. The Morgan fingerprint density at radius 1 is 1.30 bits per heavy atom. The van der Waals surface area contributed by atoms with Gasteiger partial charge in [0.25, 0.3) is 5.56 Å². The maximum absolute atomic E-state index is 12.4. The van der Waals surface area contributed by atoms with Crippen molar-refractivity contribution in [1.29, 1.82) is 0 Å². The lowest BCUT2D eigenvalue weighted by atomic mass is 10.2. The lowest BCUT2D eigenvalue weighted by Crippen LogP contribution is -2.35. The fourth-order valence-electron chi connectivity index (χ4n) is 2.22. The Morgan fingerprint density at radius 2 is 2.10 bits per heavy atom. The number of nitrogens with one attached hydrogen (secondary N) is 1. The number of aromatic amines is 1. The van der Waals surface area contributed by atoms with E-state index in [1.54, 1.807) is 29.2 Å². The second-order valence-electron chi connectivity index (χ2n) is 4.90. The van der Waals surface area contributed by atoms with Gasteiger partial charge in [0.2, 0.25) is 0 Å². The summed E-state index contributed by atoms with van der Waals surface area (Å²) in [4.78, 5) is 31.3. The van der Waals surface area contributed by atoms with E-state index in [0.29, 0.717) is 16.6 Å². The van der Waals surface area contributed by atoms with E-state index in [1.807, 2.05) is 20.0 Å². The molecule has 0 fully saturated rings. The molecular weight excluding hydrogens is 256 g/mol. The molecule has 1 N–H and O–H groups in total. The third-order valence-electron chi connectivity index (χ3n) is 3.22. The van der Waals surface area contributed by atoms with E-state index in [9.17, 15) is 9.59 Å². The highest BCUT2D eigenvalue weighted by atomic mass is 16.2. The summed E-state index contributed by atoms with van der Waals surface area (Å²) in [5.74, 6) is 0. The van der Waals surface area contributed by atoms with E-state index in [-0.39, 0.29) is 12.1 Å². The quantitative estimate of drug-likeness (QED) is 0.748. The Kier molecular flexibility index (Phi) is 2.78. The molecule has 0 aliphatic heterocycles. The highest BCUT2D eigenvalue weighted by Gasteiger charge is 2.09. The van der Waals surface area contributed by atoms with Crippen molar-refractivity contribution >= 4 is 10.9 Å². The van der Waals surface area contributed by atoms with Crippen LogP contribution < -0.4 is 11.2 Å². The molecule has 0 atom stereocenters. The number of hydrogen-bond donors (Lipinski definition) is 1. The number of rotatable bonds is 2. The normalized spacial score (nSPS) is 11.1. The highest BCUT2D eigenvalue weighted by Crippen LogP contribution is 2.08. The van der Waals surface area contributed by atoms with E-state index in [1.165, 1.54) is 4.57 Å². The molecule has 2 aromatic heterocycles. The number of fused-ring (bicyclic) bond motifs is 1. The Bertz CT molecular complexity index is 901. The standard InChI is InChI=1S/C14H14N4O2/c1-9-3-4-12-11(5-9)13(19)18(14(20)16-12)7-10-6-17(2)8-15-10/h3-6,8H,7H2,1-2H3,(H,16,20). The van der Waals surface area contributed by atoms with Gasteiger partial charge in [0, 0.05) is 13.2 Å². The Balaban J connectivity index is 2.20. The first kappa shape index (κ1) is 12.4. The van der Waals surface area contributed by atoms with Crippen LogP contribution in [0.5, 0.6) is 0 Å². The molecule has 2 heterocycles. The van der Waals surface area contributed by atoms with Crippen LogP contribution in [-0.4, -0.2) is 19.1 Å². The van der Waals surface area contributed by atoms with E-state index in [4.69, 9.17) is 0 Å². The van der Waals surface area contributed by atoms with Crippen LogP contribution in [0.15, 0.2) is 40.3 Å². The first-order valence-electron chi connectivity index (χ1n) is 6.25. The van der Waals surface area contributed by atoms with Crippen LogP contribution in [0.2, 0.25) is 0 Å². The predicted molar refractivity (Wildman–Crippen MR) is 75.9 cm³/mol. The largest absolute Gasteiger partial charge is 0.340 e. The van der Waals surface area contributed by atoms with E-state index >= 15 is 0 Å². The van der Waals surface area contributed by atoms with Gasteiger partial charge in [-0.05, 0) is 19.1 Å². The fourth-order valence-corrected chi connectivity index (χ4v) is 2.22. The molecule has 6 nitrogen and oxygen atoms in total. The monoisotopic (exact) mass is 270 g/mol. The van der Waals surface area contributed by atoms with Crippen LogP contribution in [-0.2, 0) is 13.6 Å². The van der Waals surface area contributed by atoms with Gasteiger partial charge in [0.05, 0.1) is 29.5 Å². The molecule has 6 heteroatoms. The first-order chi connectivity index (χ1) is 9.54. The Hall–Kier alpha value is -2.63. The predicted octanol–water partition coefficient (Wildman–Crippen LogP) is 0.780. The van der Waals surface area contributed by atoms with E-state index in [2.05, 4.69) is 9.97 Å². The summed E-state index contributed by atoms with van der Waals surface area (Å²) in [5, 5.41) is 0.514. The molecule has 3 aromatic rings. The molecule has 0 bridgehead atoms. The number of imidazole rings is 1. The van der Waals surface area contributed by atoms with Crippen LogP contribution in [0.25, 0.3) is 10.9 Å². The van der Waals surface area contributed by atoms with Crippen LogP contribution >= 0.6 is 0 Å². The number of H-pyrrole nitrogens is 1. The van der Waals surface area contributed by atoms with Gasteiger partial charge in [-0.1, -0.05) is 11.6 Å². The molecule has 0 spiro atoms. The van der Waals surface area contributed by atoms with Gasteiger partial charge in [-0.25, -0.2) is 9.78 Å². The summed E-state index contributed by atoms with van der Waals surface area (Å²) < 4.78 is 2.95. The maximum Gasteiger partial charge on any atom is 0.329 e. The summed E-state index contributed by atoms with van der Waals surface area (Å²) in [6, 6.07) is 5.39. The molecule has 3 rings (SSSR count). The zero-order valence-electron chi connectivity index (χ0n) is 11.3. The molecular formula is C14H14N4O2. The summed E-state index contributed by atoms with van der Waals surface area (Å²) in [5.41, 5.74) is 1.50. The van der Waals surface area contributed by atoms with Gasteiger partial charge in [-0.15, -0.1) is 0 Å². The minimum Gasteiger partial charge on any atom is -0.340 e. The zero-order chi connectivity index (χ0) is 14.3. The summed E-state index contributed by atoms with van der Waals surface area (Å²) in [6.07, 6.45) is 3.42. The average molecular weight is 270 g/mol. The van der Waals surface area contributed by atoms with Crippen molar-refractivity contribution in [1.82, 2.24) is 19.1 Å². The molecule has 1 aromatic carbocycles. The van der Waals surface area contributed by atoms with Gasteiger partial charge < -0.3 is 9.55 Å². The molecule has 0 radical (unpaired) electrons. The molecule has 20 heavy (non-hydrogen) atoms. The third-order valence-corrected chi connectivity index (χ3v) is 3.22. The molecule has 0 aliphatic carbocycles. The van der Waals surface area contributed by atoms with Gasteiger partial charge in [-0.3, -0.25) is 9.36 Å². The van der Waals surface area contributed by atoms with Gasteiger partial charge >= 0.3 is 5.69 Å². The fraction of sp³-hybridized carbons (Fsp3) is 0.214. The van der Waals surface area contributed by atoms with Crippen LogP contribution in [0, 0.1) is 6.92 Å². The number of nitrogens with zero attached hydrogens (tertiary/aromatic N) is 3. The summed E-state index contributed by atoms with van der Waals surface area (Å²) in [7, 11) is 1.84. The first-order valence-corrected chi connectivity index (χ1v) is 6.25. The Labute approximate surface area is 114 Å². The van der Waals surface area contributed by atoms with Gasteiger partial charge in [0.15, 0.2) is 0 Å². The minimum atomic E-state index is -0.419. The third kappa shape index (κ3) is 2.05. The Morgan fingerprint density at radius 3 is 2.80 bits per heavy atom. The second-order valence-corrected chi connectivity index (χ2v) is 4.90. The van der Waals surface area contributed by atoms with Crippen LogP contribution in [0.3, 0.4) is 0 Å². The van der Waals surface area contributed by atoms with Crippen molar-refractivity contribution in [3.63, 3.8) is 0 Å². The molecule has 0 unspecified atom stereocenters. The van der Waals surface area contributed by atoms with Gasteiger partial charge in [-0.2, -0.15) is 0 Å². The molecule has 0 amide bonds. The van der Waals surface area contributed by atoms with Crippen molar-refractivity contribution in [3.05, 3.63) is 62.8 Å². The number of aromatic nitrogens is 4. The van der Waals surface area contributed by atoms with Gasteiger partial charge in [0.1, 0.15) is 0 Å². The molecule has 102 valence electrons. The van der Waals surface area contributed by atoms with E-state index in [0.717, 1.165) is 5.56 Å². The minimum absolute atomic E-state index is 0.166. The van der Waals surface area contributed by atoms with Crippen molar-refractivity contribution in [2.75, 3.05) is 0 Å². The summed E-state index contributed by atoms with van der Waals surface area (Å²) in [6.45, 7) is 2.08. The lowest BCUT2D eigenvalue weighted by molar-refractivity contribution is 0.698. The van der Waals surface area contributed by atoms with E-state index < -0.39 is 5.69 Å². The van der Waals surface area contributed by atoms with Crippen molar-refractivity contribution in [3.8, 4) is 0 Å². The maximum atomic E-state index is 12.4. The molecule has 0 saturated heterocycles. The van der Waals surface area contributed by atoms with Crippen molar-refractivity contribution < 1.29 is 0 Å². The zero-order valence-corrected chi connectivity index (χ0v) is 11.3. The SMILES string of the molecule is Cc1ccc2[nH]c(=O)n(Cc3cn(C)cn3)c(=O)c2c1.